The lowest BCUT2D eigenvalue weighted by molar-refractivity contribution is -0.117. The minimum atomic E-state index is -0.863. The number of hydrogen-bond acceptors (Lipinski definition) is 7. The Morgan fingerprint density at radius 1 is 1.05 bits per heavy atom. The number of carbonyl (C=O) groups is 2. The van der Waals surface area contributed by atoms with Gasteiger partial charge in [-0.25, -0.2) is 0 Å². The van der Waals surface area contributed by atoms with Crippen LogP contribution in [-0.2, 0) is 15.3 Å². The van der Waals surface area contributed by atoms with Crippen LogP contribution >= 0.6 is 50.6 Å². The molecule has 5 rings (SSSR count). The molecule has 38 heavy (non-hydrogen) atoms. The van der Waals surface area contributed by atoms with E-state index in [0.29, 0.717) is 20.7 Å². The average Bonchev–Trinajstić information content (AvgIpc) is 3.50. The van der Waals surface area contributed by atoms with Crippen molar-refractivity contribution in [2.75, 3.05) is 4.90 Å². The molecule has 1 atom stereocenters. The van der Waals surface area contributed by atoms with Crippen LogP contribution in [0.5, 0.6) is 0 Å². The zero-order valence-electron chi connectivity index (χ0n) is 19.6. The number of aromatic nitrogens is 2. The van der Waals surface area contributed by atoms with E-state index in [1.54, 1.807) is 18.2 Å². The highest BCUT2D eigenvalue weighted by atomic mass is 79.9. The van der Waals surface area contributed by atoms with E-state index in [-0.39, 0.29) is 10.7 Å². The molecular formula is C28H19BrClN3O3S2. The lowest BCUT2D eigenvalue weighted by Crippen LogP contribution is -2.30. The van der Waals surface area contributed by atoms with Gasteiger partial charge in [0.15, 0.2) is 15.9 Å². The van der Waals surface area contributed by atoms with E-state index in [9.17, 15) is 14.7 Å². The Morgan fingerprint density at radius 3 is 2.50 bits per heavy atom. The van der Waals surface area contributed by atoms with E-state index in [1.807, 2.05) is 66.7 Å². The summed E-state index contributed by atoms with van der Waals surface area (Å²) in [7, 11) is 0. The number of rotatable bonds is 8. The molecule has 3 aromatic carbocycles. The van der Waals surface area contributed by atoms with E-state index in [0.717, 1.165) is 15.6 Å². The topological polar surface area (TPSA) is 83.4 Å². The molecule has 6 nitrogen and oxygen atoms in total. The first-order valence-corrected chi connectivity index (χ1v) is 14.4. The largest absolute Gasteiger partial charge is 0.503 e. The van der Waals surface area contributed by atoms with Crippen molar-refractivity contribution in [1.29, 1.82) is 0 Å². The lowest BCUT2D eigenvalue weighted by Gasteiger charge is -2.23. The number of benzene rings is 3. The Hall–Kier alpha value is -3.24. The average molecular weight is 625 g/mol. The molecule has 1 amide bonds. The van der Waals surface area contributed by atoms with Crippen molar-refractivity contribution in [3.05, 3.63) is 122 Å². The van der Waals surface area contributed by atoms with Gasteiger partial charge in [-0.2, -0.15) is 0 Å². The van der Waals surface area contributed by atoms with Crippen LogP contribution in [0.4, 0.5) is 5.13 Å². The number of halogens is 2. The van der Waals surface area contributed by atoms with Gasteiger partial charge in [-0.05, 0) is 41.0 Å². The number of allylic oxidation sites excluding steroid dienone is 1. The van der Waals surface area contributed by atoms with Crippen molar-refractivity contribution in [1.82, 2.24) is 10.2 Å². The van der Waals surface area contributed by atoms with Crippen LogP contribution in [0.15, 0.2) is 105 Å². The number of carbonyl (C=O) groups excluding carboxylic acids is 2. The third kappa shape index (κ3) is 5.61. The van der Waals surface area contributed by atoms with Crippen LogP contribution in [0.25, 0.3) is 6.08 Å². The molecule has 10 heteroatoms. The Morgan fingerprint density at radius 2 is 1.76 bits per heavy atom. The van der Waals surface area contributed by atoms with Crippen molar-refractivity contribution < 1.29 is 14.7 Å². The van der Waals surface area contributed by atoms with Crippen molar-refractivity contribution in [3.63, 3.8) is 0 Å². The van der Waals surface area contributed by atoms with Gasteiger partial charge in [-0.3, -0.25) is 14.5 Å². The van der Waals surface area contributed by atoms with Crippen molar-refractivity contribution in [2.24, 2.45) is 0 Å². The van der Waals surface area contributed by atoms with Crippen molar-refractivity contribution >= 4 is 73.5 Å². The van der Waals surface area contributed by atoms with Gasteiger partial charge in [0.2, 0.25) is 5.13 Å². The van der Waals surface area contributed by atoms with Crippen molar-refractivity contribution in [2.45, 2.75) is 16.1 Å². The molecule has 1 N–H and O–H groups in total. The van der Waals surface area contributed by atoms with Crippen molar-refractivity contribution in [3.8, 4) is 0 Å². The third-order valence-corrected chi connectivity index (χ3v) is 8.80. The minimum absolute atomic E-state index is 0.00928. The van der Waals surface area contributed by atoms with Crippen LogP contribution in [-0.4, -0.2) is 27.0 Å². The van der Waals surface area contributed by atoms with E-state index in [4.69, 9.17) is 11.6 Å². The van der Waals surface area contributed by atoms with Crippen LogP contribution in [0.3, 0.4) is 0 Å². The van der Waals surface area contributed by atoms with Crippen LogP contribution in [0, 0.1) is 0 Å². The highest BCUT2D eigenvalue weighted by molar-refractivity contribution is 9.10. The third-order valence-electron chi connectivity index (χ3n) is 5.80. The molecule has 1 aliphatic rings. The maximum atomic E-state index is 13.4. The number of nitrogens with zero attached hydrogens (tertiary/aromatic N) is 3. The fourth-order valence-electron chi connectivity index (χ4n) is 3.95. The smallest absolute Gasteiger partial charge is 0.296 e. The van der Waals surface area contributed by atoms with Gasteiger partial charge >= 0.3 is 0 Å². The molecule has 0 aliphatic carbocycles. The Labute approximate surface area is 240 Å². The Balaban J connectivity index is 1.46. The number of ketones is 1. The van der Waals surface area contributed by atoms with Gasteiger partial charge in [-0.15, -0.1) is 10.2 Å². The molecule has 0 saturated carbocycles. The second-order valence-electron chi connectivity index (χ2n) is 8.23. The second-order valence-corrected chi connectivity index (χ2v) is 11.7. The van der Waals surface area contributed by atoms with E-state index in [2.05, 4.69) is 26.1 Å². The molecule has 0 fully saturated rings. The Kier molecular flexibility index (Phi) is 8.09. The molecular weight excluding hydrogens is 606 g/mol. The predicted molar refractivity (Wildman–Crippen MR) is 155 cm³/mol. The van der Waals surface area contributed by atoms with Crippen LogP contribution < -0.4 is 4.90 Å². The lowest BCUT2D eigenvalue weighted by atomic mass is 9.96. The fraction of sp³-hybridized carbons (Fsp3) is 0.0714. The summed E-state index contributed by atoms with van der Waals surface area (Å²) in [5.41, 5.74) is 2.43. The molecule has 2 heterocycles. The summed E-state index contributed by atoms with van der Waals surface area (Å²) in [4.78, 5) is 28.0. The number of aliphatic hydroxyl groups is 1. The minimum Gasteiger partial charge on any atom is -0.503 e. The van der Waals surface area contributed by atoms with E-state index >= 15 is 0 Å². The normalized spacial score (nSPS) is 15.6. The molecule has 4 aromatic rings. The quantitative estimate of drug-likeness (QED) is 0.125. The predicted octanol–water partition coefficient (Wildman–Crippen LogP) is 7.43. The van der Waals surface area contributed by atoms with Gasteiger partial charge in [0.25, 0.3) is 5.91 Å². The first-order valence-electron chi connectivity index (χ1n) is 11.4. The highest BCUT2D eigenvalue weighted by Crippen LogP contribution is 2.43. The first kappa shape index (κ1) is 26.4. The maximum Gasteiger partial charge on any atom is 0.296 e. The fourth-order valence-corrected chi connectivity index (χ4v) is 6.37. The van der Waals surface area contributed by atoms with Gasteiger partial charge < -0.3 is 5.11 Å². The Bertz CT molecular complexity index is 1560. The molecule has 0 saturated heterocycles. The number of hydrogen-bond donors (Lipinski definition) is 1. The molecule has 190 valence electrons. The van der Waals surface area contributed by atoms with Gasteiger partial charge in [-0.1, -0.05) is 117 Å². The zero-order valence-corrected chi connectivity index (χ0v) is 23.6. The molecule has 1 aromatic heterocycles. The second kappa shape index (κ2) is 11.7. The maximum absolute atomic E-state index is 13.4. The molecule has 0 bridgehead atoms. The molecule has 1 unspecified atom stereocenters. The number of aliphatic hydroxyl groups excluding tert-OH is 1. The monoisotopic (exact) mass is 623 g/mol. The summed E-state index contributed by atoms with van der Waals surface area (Å²) in [5.74, 6) is -1.18. The van der Waals surface area contributed by atoms with Gasteiger partial charge in [0, 0.05) is 15.2 Å². The zero-order chi connectivity index (χ0) is 26.6. The molecule has 0 spiro atoms. The highest BCUT2D eigenvalue weighted by Gasteiger charge is 2.45. The van der Waals surface area contributed by atoms with E-state index in [1.165, 1.54) is 34.1 Å². The summed E-state index contributed by atoms with van der Waals surface area (Å²) < 4.78 is 1.47. The number of thioether (sulfide) groups is 1. The standard InChI is InChI=1S/C28H19BrClN3O3S2/c29-20-13-11-18(12-14-20)24-23(22(34)15-10-17-6-2-1-3-7-17)25(35)26(36)33(24)27-31-32-28(38-27)37-16-19-8-4-5-9-21(19)30/h1-15,24,35H,16H2/b15-10+. The summed E-state index contributed by atoms with van der Waals surface area (Å²) in [6.07, 6.45) is 3.03. The summed E-state index contributed by atoms with van der Waals surface area (Å²) in [6, 6.07) is 23.3. The SMILES string of the molecule is O=C(/C=C/c1ccccc1)C1=C(O)C(=O)N(c2nnc(SCc3ccccc3Cl)s2)C1c1ccc(Br)cc1. The number of anilines is 1. The van der Waals surface area contributed by atoms with Gasteiger partial charge in [0.05, 0.1) is 11.6 Å². The van der Waals surface area contributed by atoms with Crippen LogP contribution in [0.2, 0.25) is 5.02 Å². The van der Waals surface area contributed by atoms with Gasteiger partial charge in [0.1, 0.15) is 0 Å². The first-order chi connectivity index (χ1) is 18.4. The summed E-state index contributed by atoms with van der Waals surface area (Å²) in [5, 5.41) is 20.3. The summed E-state index contributed by atoms with van der Waals surface area (Å²) in [6.45, 7) is 0. The van der Waals surface area contributed by atoms with E-state index < -0.39 is 23.5 Å². The number of amides is 1. The van der Waals surface area contributed by atoms with Crippen LogP contribution in [0.1, 0.15) is 22.7 Å². The summed E-state index contributed by atoms with van der Waals surface area (Å²) >= 11 is 12.4. The molecule has 1 aliphatic heterocycles. The molecule has 0 radical (unpaired) electrons.